The third kappa shape index (κ3) is 3.61. The topological polar surface area (TPSA) is 64.6 Å². The number of hydrogen-bond donors (Lipinski definition) is 1. The molecule has 1 aliphatic rings. The van der Waals surface area contributed by atoms with Crippen molar-refractivity contribution in [3.8, 4) is 11.5 Å². The van der Waals surface area contributed by atoms with Crippen molar-refractivity contribution in [2.45, 2.75) is 6.92 Å². The van der Waals surface area contributed by atoms with Crippen LogP contribution in [0.4, 0.5) is 5.69 Å². The number of rotatable bonds is 4. The quantitative estimate of drug-likeness (QED) is 0.863. The molecule has 0 unspecified atom stereocenters. The third-order valence-corrected chi connectivity index (χ3v) is 3.79. The van der Waals surface area contributed by atoms with E-state index in [9.17, 15) is 9.59 Å². The minimum atomic E-state index is -0.324. The predicted octanol–water partition coefficient (Wildman–Crippen LogP) is 3.83. The van der Waals surface area contributed by atoms with E-state index < -0.39 is 0 Å². The van der Waals surface area contributed by atoms with Gasteiger partial charge in [-0.1, -0.05) is 18.2 Å². The van der Waals surface area contributed by atoms with Crippen molar-refractivity contribution in [3.05, 3.63) is 71.5 Å². The fourth-order valence-electron chi connectivity index (χ4n) is 2.46. The lowest BCUT2D eigenvalue weighted by Crippen LogP contribution is -2.14. The zero-order valence-electron chi connectivity index (χ0n) is 13.9. The van der Waals surface area contributed by atoms with Gasteiger partial charge in [0.05, 0.1) is 19.1 Å². The summed E-state index contributed by atoms with van der Waals surface area (Å²) in [5.74, 6) is 0.746. The maximum Gasteiger partial charge on any atom is 0.255 e. The molecule has 0 saturated carbocycles. The highest BCUT2D eigenvalue weighted by molar-refractivity contribution is 6.10. The molecular formula is C20H17NO4. The number of ether oxygens (including phenoxy) is 2. The number of anilines is 1. The highest BCUT2D eigenvalue weighted by Gasteiger charge is 2.15. The van der Waals surface area contributed by atoms with Crippen LogP contribution in [0.5, 0.6) is 11.5 Å². The Labute approximate surface area is 145 Å². The second-order valence-corrected chi connectivity index (χ2v) is 5.48. The van der Waals surface area contributed by atoms with Crippen molar-refractivity contribution in [1.82, 2.24) is 0 Å². The number of methoxy groups -OCH3 is 1. The molecule has 2 aromatic carbocycles. The van der Waals surface area contributed by atoms with Crippen LogP contribution in [-0.2, 0) is 4.79 Å². The first-order chi connectivity index (χ1) is 12.1. The average Bonchev–Trinajstić information content (AvgIpc) is 2.84. The number of hydrogen-bond acceptors (Lipinski definition) is 4. The van der Waals surface area contributed by atoms with Gasteiger partial charge in [0.1, 0.15) is 11.5 Å². The minimum Gasteiger partial charge on any atom is -0.495 e. The molecule has 0 radical (unpaired) electrons. The number of amides is 1. The van der Waals surface area contributed by atoms with Crippen LogP contribution in [0.25, 0.3) is 6.08 Å². The van der Waals surface area contributed by atoms with Crippen LogP contribution in [0.1, 0.15) is 22.8 Å². The fourth-order valence-corrected chi connectivity index (χ4v) is 2.46. The molecule has 0 aliphatic carbocycles. The lowest BCUT2D eigenvalue weighted by atomic mass is 10.1. The van der Waals surface area contributed by atoms with E-state index in [1.54, 1.807) is 30.4 Å². The number of benzene rings is 2. The number of ketones is 1. The normalized spacial score (nSPS) is 12.3. The van der Waals surface area contributed by atoms with Crippen LogP contribution >= 0.6 is 0 Å². The fraction of sp³-hybridized carbons (Fsp3) is 0.100. The molecule has 0 atom stereocenters. The zero-order valence-corrected chi connectivity index (χ0v) is 13.9. The maximum atomic E-state index is 12.7. The number of Topliss-reactive ketones (excluding diaryl/α,β-unsaturated/α-hetero) is 1. The number of carbonyl (C=O) groups is 2. The van der Waals surface area contributed by atoms with Crippen molar-refractivity contribution in [2.75, 3.05) is 12.4 Å². The summed E-state index contributed by atoms with van der Waals surface area (Å²) in [6, 6.07) is 12.4. The minimum absolute atomic E-state index is 0.0888. The Morgan fingerprint density at radius 3 is 2.68 bits per heavy atom. The molecule has 1 aliphatic heterocycles. The Hall–Kier alpha value is -3.34. The second kappa shape index (κ2) is 7.05. The van der Waals surface area contributed by atoms with E-state index in [0.29, 0.717) is 28.3 Å². The molecule has 0 bridgehead atoms. The first kappa shape index (κ1) is 16.5. The van der Waals surface area contributed by atoms with Crippen LogP contribution < -0.4 is 14.8 Å². The summed E-state index contributed by atoms with van der Waals surface area (Å²) in [6.07, 6.45) is 4.81. The highest BCUT2D eigenvalue weighted by Crippen LogP contribution is 2.28. The lowest BCUT2D eigenvalue weighted by molar-refractivity contribution is -0.112. The van der Waals surface area contributed by atoms with Gasteiger partial charge in [0.15, 0.2) is 5.78 Å². The van der Waals surface area contributed by atoms with Gasteiger partial charge >= 0.3 is 0 Å². The average molecular weight is 335 g/mol. The van der Waals surface area contributed by atoms with Crippen molar-refractivity contribution in [1.29, 1.82) is 0 Å². The molecule has 5 nitrogen and oxygen atoms in total. The zero-order chi connectivity index (χ0) is 17.8. The van der Waals surface area contributed by atoms with Gasteiger partial charge in [-0.2, -0.15) is 0 Å². The molecule has 1 amide bonds. The summed E-state index contributed by atoms with van der Waals surface area (Å²) < 4.78 is 10.8. The summed E-state index contributed by atoms with van der Waals surface area (Å²) in [5.41, 5.74) is 2.17. The van der Waals surface area contributed by atoms with Crippen molar-refractivity contribution >= 4 is 23.5 Å². The van der Waals surface area contributed by atoms with Gasteiger partial charge in [0, 0.05) is 16.7 Å². The van der Waals surface area contributed by atoms with Gasteiger partial charge in [-0.25, -0.2) is 0 Å². The number of fused-ring (bicyclic) bond motifs is 1. The van der Waals surface area contributed by atoms with E-state index in [2.05, 4.69) is 5.32 Å². The Bertz CT molecular complexity index is 896. The summed E-state index contributed by atoms with van der Waals surface area (Å²) in [6.45, 7) is 1.47. The summed E-state index contributed by atoms with van der Waals surface area (Å²) in [5, 5.41) is 2.79. The monoisotopic (exact) mass is 335 g/mol. The van der Waals surface area contributed by atoms with Gasteiger partial charge in [0.2, 0.25) is 0 Å². The first-order valence-electron chi connectivity index (χ1n) is 7.73. The molecule has 0 saturated heterocycles. The van der Waals surface area contributed by atoms with Gasteiger partial charge < -0.3 is 14.8 Å². The number of para-hydroxylation sites is 1. The number of nitrogens with one attached hydrogen (secondary N) is 1. The first-order valence-corrected chi connectivity index (χ1v) is 7.73. The van der Waals surface area contributed by atoms with E-state index in [1.807, 2.05) is 24.3 Å². The Kier molecular flexibility index (Phi) is 4.66. The Morgan fingerprint density at radius 1 is 1.12 bits per heavy atom. The smallest absolute Gasteiger partial charge is 0.255 e. The SMILES string of the molecule is COc1ccc(C(C)=O)cc1NC(=O)C1=Cc2ccccc2OC=C1. The van der Waals surface area contributed by atoms with Crippen LogP contribution in [0.2, 0.25) is 0 Å². The van der Waals surface area contributed by atoms with Crippen molar-refractivity contribution in [2.24, 2.45) is 0 Å². The van der Waals surface area contributed by atoms with Crippen molar-refractivity contribution in [3.63, 3.8) is 0 Å². The van der Waals surface area contributed by atoms with E-state index in [4.69, 9.17) is 9.47 Å². The molecule has 25 heavy (non-hydrogen) atoms. The van der Waals surface area contributed by atoms with Crippen LogP contribution in [0.15, 0.2) is 60.4 Å². The largest absolute Gasteiger partial charge is 0.495 e. The van der Waals surface area contributed by atoms with Crippen LogP contribution in [-0.4, -0.2) is 18.8 Å². The molecule has 0 spiro atoms. The molecule has 0 fully saturated rings. The summed E-state index contributed by atoms with van der Waals surface area (Å²) >= 11 is 0. The van der Waals surface area contributed by atoms with E-state index in [1.165, 1.54) is 20.3 Å². The molecule has 3 rings (SSSR count). The van der Waals surface area contributed by atoms with Crippen LogP contribution in [0.3, 0.4) is 0 Å². The van der Waals surface area contributed by atoms with Gasteiger partial charge in [-0.3, -0.25) is 9.59 Å². The standard InChI is InChI=1S/C20H17NO4/c1-13(22)14-7-8-19(24-2)17(12-14)21-20(23)16-9-10-25-18-6-4-3-5-15(18)11-16/h3-12H,1-2H3,(H,21,23). The second-order valence-electron chi connectivity index (χ2n) is 5.48. The molecule has 2 aromatic rings. The lowest BCUT2D eigenvalue weighted by Gasteiger charge is -2.11. The molecule has 1 heterocycles. The molecule has 126 valence electrons. The van der Waals surface area contributed by atoms with Gasteiger partial charge in [-0.05, 0) is 43.3 Å². The Morgan fingerprint density at radius 2 is 1.92 bits per heavy atom. The van der Waals surface area contributed by atoms with Crippen LogP contribution in [0, 0.1) is 0 Å². The maximum absolute atomic E-state index is 12.7. The molecule has 0 aromatic heterocycles. The summed E-state index contributed by atoms with van der Waals surface area (Å²) in [4.78, 5) is 24.2. The molecule has 5 heteroatoms. The van der Waals surface area contributed by atoms with Crippen molar-refractivity contribution < 1.29 is 19.1 Å². The predicted molar refractivity (Wildman–Crippen MR) is 95.8 cm³/mol. The van der Waals surface area contributed by atoms with Gasteiger partial charge in [0.25, 0.3) is 5.91 Å². The third-order valence-electron chi connectivity index (χ3n) is 3.79. The molecular weight excluding hydrogens is 318 g/mol. The van der Waals surface area contributed by atoms with Gasteiger partial charge in [-0.15, -0.1) is 0 Å². The highest BCUT2D eigenvalue weighted by atomic mass is 16.5. The van der Waals surface area contributed by atoms with E-state index in [-0.39, 0.29) is 11.7 Å². The molecule has 1 N–H and O–H groups in total. The number of carbonyl (C=O) groups excluding carboxylic acids is 2. The summed E-state index contributed by atoms with van der Waals surface area (Å²) in [7, 11) is 1.51. The van der Waals surface area contributed by atoms with E-state index in [0.717, 1.165) is 5.56 Å². The Balaban J connectivity index is 1.91. The van der Waals surface area contributed by atoms with E-state index >= 15 is 0 Å².